The summed E-state index contributed by atoms with van der Waals surface area (Å²) in [6.45, 7) is 0. The van der Waals surface area contributed by atoms with E-state index >= 15 is 0 Å². The van der Waals surface area contributed by atoms with E-state index in [4.69, 9.17) is 4.74 Å². The molecule has 0 fully saturated rings. The van der Waals surface area contributed by atoms with Crippen LogP contribution in [-0.4, -0.2) is 23.8 Å². The SMILES string of the molecule is COc1ccc(C=CC(=O)NNC(=O)c2cccc([N+](=O)[O-])c2)cc1. The number of benzene rings is 2. The quantitative estimate of drug-likeness (QED) is 0.491. The van der Waals surface area contributed by atoms with E-state index in [1.807, 2.05) is 0 Å². The first-order valence-electron chi connectivity index (χ1n) is 7.16. The zero-order valence-electron chi connectivity index (χ0n) is 13.3. The van der Waals surface area contributed by atoms with E-state index in [0.29, 0.717) is 5.75 Å². The van der Waals surface area contributed by atoms with Crippen molar-refractivity contribution in [3.8, 4) is 5.75 Å². The Hall–Kier alpha value is -3.68. The number of hydrazine groups is 1. The van der Waals surface area contributed by atoms with Gasteiger partial charge in [-0.2, -0.15) is 0 Å². The molecule has 0 spiro atoms. The van der Waals surface area contributed by atoms with Gasteiger partial charge in [-0.05, 0) is 29.8 Å². The third-order valence-corrected chi connectivity index (χ3v) is 3.16. The Labute approximate surface area is 143 Å². The van der Waals surface area contributed by atoms with E-state index in [-0.39, 0.29) is 11.3 Å². The van der Waals surface area contributed by atoms with Crippen molar-refractivity contribution >= 4 is 23.6 Å². The fourth-order valence-electron chi connectivity index (χ4n) is 1.88. The summed E-state index contributed by atoms with van der Waals surface area (Å²) in [5.74, 6) is -0.504. The van der Waals surface area contributed by atoms with Gasteiger partial charge in [-0.3, -0.25) is 30.6 Å². The summed E-state index contributed by atoms with van der Waals surface area (Å²) in [6.07, 6.45) is 2.81. The highest BCUT2D eigenvalue weighted by atomic mass is 16.6. The van der Waals surface area contributed by atoms with Crippen molar-refractivity contribution in [3.63, 3.8) is 0 Å². The zero-order chi connectivity index (χ0) is 18.2. The Bertz CT molecular complexity index is 815. The highest BCUT2D eigenvalue weighted by molar-refractivity contribution is 5.98. The molecule has 128 valence electrons. The number of rotatable bonds is 5. The maximum absolute atomic E-state index is 11.9. The standard InChI is InChI=1S/C17H15N3O5/c1-25-15-8-5-12(6-9-15)7-10-16(21)18-19-17(22)13-3-2-4-14(11-13)20(23)24/h2-11H,1H3,(H,18,21)(H,19,22). The van der Waals surface area contributed by atoms with Gasteiger partial charge in [-0.1, -0.05) is 18.2 Å². The van der Waals surface area contributed by atoms with E-state index in [1.54, 1.807) is 37.5 Å². The zero-order valence-corrected chi connectivity index (χ0v) is 13.3. The lowest BCUT2D eigenvalue weighted by Crippen LogP contribution is -2.40. The molecule has 25 heavy (non-hydrogen) atoms. The normalized spacial score (nSPS) is 10.3. The van der Waals surface area contributed by atoms with Crippen LogP contribution in [0.25, 0.3) is 6.08 Å². The average Bonchev–Trinajstić information content (AvgIpc) is 2.64. The van der Waals surface area contributed by atoms with Gasteiger partial charge in [0.2, 0.25) is 0 Å². The molecule has 8 heteroatoms. The van der Waals surface area contributed by atoms with Gasteiger partial charge in [0.25, 0.3) is 17.5 Å². The minimum atomic E-state index is -0.658. The highest BCUT2D eigenvalue weighted by Gasteiger charge is 2.11. The predicted molar refractivity (Wildman–Crippen MR) is 90.7 cm³/mol. The second-order valence-corrected chi connectivity index (χ2v) is 4.86. The van der Waals surface area contributed by atoms with Crippen LogP contribution in [0.1, 0.15) is 15.9 Å². The molecule has 2 rings (SSSR count). The van der Waals surface area contributed by atoms with Crippen molar-refractivity contribution in [2.24, 2.45) is 0 Å². The number of amides is 2. The number of nitrogens with one attached hydrogen (secondary N) is 2. The molecular weight excluding hydrogens is 326 g/mol. The molecule has 0 unspecified atom stereocenters. The van der Waals surface area contributed by atoms with Crippen molar-refractivity contribution in [1.82, 2.24) is 10.9 Å². The van der Waals surface area contributed by atoms with Crippen LogP contribution in [0.2, 0.25) is 0 Å². The fourth-order valence-corrected chi connectivity index (χ4v) is 1.88. The first-order valence-corrected chi connectivity index (χ1v) is 7.16. The second kappa shape index (κ2) is 8.25. The number of hydrogen-bond acceptors (Lipinski definition) is 5. The fraction of sp³-hybridized carbons (Fsp3) is 0.0588. The molecule has 2 aromatic carbocycles. The van der Waals surface area contributed by atoms with E-state index in [2.05, 4.69) is 10.9 Å². The molecule has 0 aliphatic heterocycles. The van der Waals surface area contributed by atoms with Gasteiger partial charge < -0.3 is 4.74 Å². The number of methoxy groups -OCH3 is 1. The van der Waals surface area contributed by atoms with Gasteiger partial charge in [0.1, 0.15) is 5.75 Å². The van der Waals surface area contributed by atoms with Crippen LogP contribution >= 0.6 is 0 Å². The molecule has 0 saturated heterocycles. The van der Waals surface area contributed by atoms with Crippen molar-refractivity contribution in [2.45, 2.75) is 0 Å². The number of non-ortho nitro benzene ring substituents is 1. The Kier molecular flexibility index (Phi) is 5.83. The monoisotopic (exact) mass is 341 g/mol. The maximum atomic E-state index is 11.9. The molecule has 0 heterocycles. The minimum Gasteiger partial charge on any atom is -0.497 e. The van der Waals surface area contributed by atoms with Gasteiger partial charge in [-0.25, -0.2) is 0 Å². The Morgan fingerprint density at radius 2 is 1.84 bits per heavy atom. The molecule has 0 aliphatic carbocycles. The summed E-state index contributed by atoms with van der Waals surface area (Å²) in [4.78, 5) is 33.7. The van der Waals surface area contributed by atoms with E-state index in [0.717, 1.165) is 11.6 Å². The topological polar surface area (TPSA) is 111 Å². The molecule has 0 saturated carbocycles. The molecule has 0 atom stereocenters. The van der Waals surface area contributed by atoms with Crippen LogP contribution in [-0.2, 0) is 4.79 Å². The molecule has 8 nitrogen and oxygen atoms in total. The molecule has 0 radical (unpaired) electrons. The molecule has 0 aliphatic rings. The number of nitro groups is 1. The van der Waals surface area contributed by atoms with Crippen molar-refractivity contribution in [3.05, 3.63) is 75.8 Å². The Morgan fingerprint density at radius 3 is 2.48 bits per heavy atom. The molecule has 0 bridgehead atoms. The third kappa shape index (κ3) is 5.17. The molecule has 2 aromatic rings. The number of carbonyl (C=O) groups excluding carboxylic acids is 2. The number of nitro benzene ring substituents is 1. The average molecular weight is 341 g/mol. The van der Waals surface area contributed by atoms with E-state index < -0.39 is 16.7 Å². The molecule has 2 N–H and O–H groups in total. The smallest absolute Gasteiger partial charge is 0.270 e. The highest BCUT2D eigenvalue weighted by Crippen LogP contribution is 2.13. The number of nitrogens with zero attached hydrogens (tertiary/aromatic N) is 1. The van der Waals surface area contributed by atoms with Crippen molar-refractivity contribution in [1.29, 1.82) is 0 Å². The van der Waals surface area contributed by atoms with Crippen LogP contribution in [0.5, 0.6) is 5.75 Å². The number of ether oxygens (including phenoxy) is 1. The lowest BCUT2D eigenvalue weighted by molar-refractivity contribution is -0.384. The number of carbonyl (C=O) groups is 2. The maximum Gasteiger partial charge on any atom is 0.270 e. The van der Waals surface area contributed by atoms with Crippen LogP contribution in [0.15, 0.2) is 54.6 Å². The van der Waals surface area contributed by atoms with E-state index in [9.17, 15) is 19.7 Å². The molecule has 2 amide bonds. The van der Waals surface area contributed by atoms with Gasteiger partial charge in [0.05, 0.1) is 12.0 Å². The lowest BCUT2D eigenvalue weighted by Gasteiger charge is -2.05. The predicted octanol–water partition coefficient (Wildman–Crippen LogP) is 2.08. The third-order valence-electron chi connectivity index (χ3n) is 3.16. The first kappa shape index (κ1) is 17.7. The van der Waals surface area contributed by atoms with Gasteiger partial charge >= 0.3 is 0 Å². The van der Waals surface area contributed by atoms with Gasteiger partial charge in [0, 0.05) is 23.8 Å². The molecular formula is C17H15N3O5. The summed E-state index contributed by atoms with van der Waals surface area (Å²) >= 11 is 0. The Balaban J connectivity index is 1.90. The summed E-state index contributed by atoms with van der Waals surface area (Å²) in [7, 11) is 1.56. The van der Waals surface area contributed by atoms with Crippen molar-refractivity contribution in [2.75, 3.05) is 7.11 Å². The summed E-state index contributed by atoms with van der Waals surface area (Å²) in [6, 6.07) is 12.2. The van der Waals surface area contributed by atoms with E-state index in [1.165, 1.54) is 24.3 Å². The van der Waals surface area contributed by atoms with Crippen LogP contribution < -0.4 is 15.6 Å². The van der Waals surface area contributed by atoms with Crippen molar-refractivity contribution < 1.29 is 19.2 Å². The van der Waals surface area contributed by atoms with Crippen LogP contribution in [0.3, 0.4) is 0 Å². The van der Waals surface area contributed by atoms with Gasteiger partial charge in [0.15, 0.2) is 0 Å². The number of hydrogen-bond donors (Lipinski definition) is 2. The van der Waals surface area contributed by atoms with Crippen LogP contribution in [0.4, 0.5) is 5.69 Å². The Morgan fingerprint density at radius 1 is 1.12 bits per heavy atom. The molecule has 0 aromatic heterocycles. The minimum absolute atomic E-state index is 0.0635. The first-order chi connectivity index (χ1) is 12.0. The summed E-state index contributed by atoms with van der Waals surface area (Å²) < 4.78 is 5.03. The van der Waals surface area contributed by atoms with Gasteiger partial charge in [-0.15, -0.1) is 0 Å². The summed E-state index contributed by atoms with van der Waals surface area (Å²) in [5.41, 5.74) is 5.02. The van der Waals surface area contributed by atoms with Crippen LogP contribution in [0, 0.1) is 10.1 Å². The second-order valence-electron chi connectivity index (χ2n) is 4.86. The summed E-state index contributed by atoms with van der Waals surface area (Å²) in [5, 5.41) is 10.7. The largest absolute Gasteiger partial charge is 0.497 e. The lowest BCUT2D eigenvalue weighted by atomic mass is 10.2.